The van der Waals surface area contributed by atoms with Gasteiger partial charge in [-0.2, -0.15) is 11.8 Å². The molecule has 4 heteroatoms. The highest BCUT2D eigenvalue weighted by Gasteiger charge is 2.20. The summed E-state index contributed by atoms with van der Waals surface area (Å²) in [5.74, 6) is 1.31. The topological polar surface area (TPSA) is 24.9 Å². The second kappa shape index (κ2) is 5.32. The third-order valence-corrected chi connectivity index (χ3v) is 5.51. The van der Waals surface area contributed by atoms with E-state index in [0.717, 1.165) is 6.54 Å². The lowest BCUT2D eigenvalue weighted by Gasteiger charge is -2.18. The summed E-state index contributed by atoms with van der Waals surface area (Å²) in [6, 6.07) is 0. The molecule has 2 nitrogen and oxygen atoms in total. The molecule has 1 N–H and O–H groups in total. The molecule has 0 spiro atoms. The Morgan fingerprint density at radius 3 is 3.00 bits per heavy atom. The quantitative estimate of drug-likeness (QED) is 0.881. The molecular weight excluding hydrogens is 224 g/mol. The number of nitrogens with zero attached hydrogens (tertiary/aromatic N) is 1. The molecule has 0 radical (unpaired) electrons. The number of nitrogens with one attached hydrogen (secondary N) is 1. The molecule has 2 heterocycles. The molecule has 0 saturated carbocycles. The van der Waals surface area contributed by atoms with Crippen LogP contribution >= 0.6 is 23.1 Å². The molecule has 84 valence electrons. The monoisotopic (exact) mass is 242 g/mol. The van der Waals surface area contributed by atoms with Crippen molar-refractivity contribution in [1.82, 2.24) is 10.3 Å². The Balaban J connectivity index is 2.10. The van der Waals surface area contributed by atoms with E-state index in [1.165, 1.54) is 40.6 Å². The predicted molar refractivity (Wildman–Crippen MR) is 68.7 cm³/mol. The summed E-state index contributed by atoms with van der Waals surface area (Å²) in [7, 11) is 1.99. The summed E-state index contributed by atoms with van der Waals surface area (Å²) < 4.78 is 0. The Hall–Kier alpha value is -0.0600. The van der Waals surface area contributed by atoms with E-state index in [1.54, 1.807) is 0 Å². The van der Waals surface area contributed by atoms with Crippen molar-refractivity contribution in [2.75, 3.05) is 12.8 Å². The van der Waals surface area contributed by atoms with Crippen LogP contribution in [0.25, 0.3) is 0 Å². The molecule has 1 unspecified atom stereocenters. The molecule has 1 aromatic rings. The minimum Gasteiger partial charge on any atom is -0.315 e. The Bertz CT molecular complexity index is 316. The van der Waals surface area contributed by atoms with Gasteiger partial charge in [0.25, 0.3) is 0 Å². The number of thioether (sulfide) groups is 1. The van der Waals surface area contributed by atoms with Gasteiger partial charge in [0.1, 0.15) is 5.01 Å². The second-order valence-corrected chi connectivity index (χ2v) is 6.37. The van der Waals surface area contributed by atoms with Crippen molar-refractivity contribution in [2.45, 2.75) is 38.0 Å². The average Bonchev–Trinajstić information content (AvgIpc) is 2.63. The number of aromatic nitrogens is 1. The molecule has 0 amide bonds. The van der Waals surface area contributed by atoms with E-state index in [-0.39, 0.29) is 0 Å². The van der Waals surface area contributed by atoms with Crippen LogP contribution in [-0.2, 0) is 6.54 Å². The lowest BCUT2D eigenvalue weighted by Crippen LogP contribution is -2.04. The largest absolute Gasteiger partial charge is 0.315 e. The first-order valence-electron chi connectivity index (χ1n) is 5.53. The molecule has 0 aromatic carbocycles. The third-order valence-electron chi connectivity index (χ3n) is 2.70. The van der Waals surface area contributed by atoms with Gasteiger partial charge in [-0.3, -0.25) is 0 Å². The van der Waals surface area contributed by atoms with E-state index in [1.807, 2.05) is 18.4 Å². The van der Waals surface area contributed by atoms with Crippen molar-refractivity contribution in [3.8, 4) is 0 Å². The molecule has 1 atom stereocenters. The van der Waals surface area contributed by atoms with Gasteiger partial charge in [0.2, 0.25) is 0 Å². The molecule has 1 saturated heterocycles. The van der Waals surface area contributed by atoms with Crippen LogP contribution in [0.1, 0.15) is 40.1 Å². The first kappa shape index (κ1) is 11.4. The Morgan fingerprint density at radius 2 is 2.33 bits per heavy atom. The van der Waals surface area contributed by atoms with Crippen molar-refractivity contribution in [3.05, 3.63) is 15.6 Å². The average molecular weight is 242 g/mol. The molecule has 0 bridgehead atoms. The highest BCUT2D eigenvalue weighted by molar-refractivity contribution is 7.99. The van der Waals surface area contributed by atoms with Gasteiger partial charge in [0.15, 0.2) is 0 Å². The van der Waals surface area contributed by atoms with Crippen molar-refractivity contribution in [3.63, 3.8) is 0 Å². The van der Waals surface area contributed by atoms with Crippen LogP contribution in [0.5, 0.6) is 0 Å². The van der Waals surface area contributed by atoms with Crippen LogP contribution in [0.2, 0.25) is 0 Å². The molecule has 2 rings (SSSR count). The Morgan fingerprint density at radius 1 is 1.47 bits per heavy atom. The van der Waals surface area contributed by atoms with Gasteiger partial charge in [-0.25, -0.2) is 4.98 Å². The van der Waals surface area contributed by atoms with E-state index in [4.69, 9.17) is 4.98 Å². The van der Waals surface area contributed by atoms with Gasteiger partial charge in [-0.15, -0.1) is 11.3 Å². The molecule has 1 aromatic heterocycles. The predicted octanol–water partition coefficient (Wildman–Crippen LogP) is 3.13. The highest BCUT2D eigenvalue weighted by atomic mass is 32.2. The van der Waals surface area contributed by atoms with E-state index in [2.05, 4.69) is 24.0 Å². The van der Waals surface area contributed by atoms with Crippen LogP contribution in [-0.4, -0.2) is 17.8 Å². The molecule has 0 aliphatic carbocycles. The maximum atomic E-state index is 4.71. The SMILES string of the molecule is CNCc1sc(C2CCCCS2)nc1C. The minimum atomic E-state index is 0.674. The van der Waals surface area contributed by atoms with Crippen molar-refractivity contribution < 1.29 is 0 Å². The van der Waals surface area contributed by atoms with Crippen LogP contribution in [0.4, 0.5) is 0 Å². The van der Waals surface area contributed by atoms with Gasteiger partial charge in [-0.1, -0.05) is 6.42 Å². The van der Waals surface area contributed by atoms with E-state index in [0.29, 0.717) is 5.25 Å². The van der Waals surface area contributed by atoms with E-state index in [9.17, 15) is 0 Å². The summed E-state index contributed by atoms with van der Waals surface area (Å²) in [5.41, 5.74) is 1.22. The lowest BCUT2D eigenvalue weighted by molar-refractivity contribution is 0.683. The van der Waals surface area contributed by atoms with Gasteiger partial charge < -0.3 is 5.32 Å². The normalized spacial score (nSPS) is 21.9. The van der Waals surface area contributed by atoms with E-state index < -0.39 is 0 Å². The number of hydrogen-bond donors (Lipinski definition) is 1. The van der Waals surface area contributed by atoms with Crippen LogP contribution in [0, 0.1) is 6.92 Å². The number of rotatable bonds is 3. The summed E-state index contributed by atoms with van der Waals surface area (Å²) in [4.78, 5) is 6.11. The van der Waals surface area contributed by atoms with Crippen molar-refractivity contribution in [2.24, 2.45) is 0 Å². The summed E-state index contributed by atoms with van der Waals surface area (Å²) in [5, 5.41) is 5.23. The molecule has 1 aliphatic heterocycles. The second-order valence-electron chi connectivity index (χ2n) is 3.95. The van der Waals surface area contributed by atoms with Gasteiger partial charge in [0.05, 0.1) is 10.9 Å². The molecule has 15 heavy (non-hydrogen) atoms. The van der Waals surface area contributed by atoms with E-state index >= 15 is 0 Å². The maximum absolute atomic E-state index is 4.71. The standard InChI is InChI=1S/C11H18N2S2/c1-8-10(7-12-2)15-11(13-8)9-5-3-4-6-14-9/h9,12H,3-7H2,1-2H3. The number of thiazole rings is 1. The van der Waals surface area contributed by atoms with Gasteiger partial charge >= 0.3 is 0 Å². The highest BCUT2D eigenvalue weighted by Crippen LogP contribution is 2.40. The minimum absolute atomic E-state index is 0.674. The summed E-state index contributed by atoms with van der Waals surface area (Å²) in [6.07, 6.45) is 4.07. The summed E-state index contributed by atoms with van der Waals surface area (Å²) >= 11 is 3.98. The van der Waals surface area contributed by atoms with Crippen molar-refractivity contribution in [1.29, 1.82) is 0 Å². The maximum Gasteiger partial charge on any atom is 0.106 e. The Kier molecular flexibility index (Phi) is 4.05. The Labute approximate surface area is 99.9 Å². The van der Waals surface area contributed by atoms with Crippen LogP contribution in [0.3, 0.4) is 0 Å². The molecular formula is C11H18N2S2. The smallest absolute Gasteiger partial charge is 0.106 e. The number of aryl methyl sites for hydroxylation is 1. The fourth-order valence-corrected chi connectivity index (χ4v) is 4.47. The number of hydrogen-bond acceptors (Lipinski definition) is 4. The zero-order chi connectivity index (χ0) is 10.7. The lowest BCUT2D eigenvalue weighted by atomic mass is 10.2. The fourth-order valence-electron chi connectivity index (χ4n) is 1.85. The third kappa shape index (κ3) is 2.74. The first-order chi connectivity index (χ1) is 7.31. The summed E-state index contributed by atoms with van der Waals surface area (Å²) in [6.45, 7) is 3.08. The fraction of sp³-hybridized carbons (Fsp3) is 0.727. The van der Waals surface area contributed by atoms with Crippen LogP contribution in [0.15, 0.2) is 0 Å². The van der Waals surface area contributed by atoms with Crippen molar-refractivity contribution >= 4 is 23.1 Å². The zero-order valence-corrected chi connectivity index (χ0v) is 11.0. The molecule has 1 aliphatic rings. The van der Waals surface area contributed by atoms with Gasteiger partial charge in [-0.05, 0) is 32.6 Å². The van der Waals surface area contributed by atoms with Gasteiger partial charge in [0, 0.05) is 11.4 Å². The van der Waals surface area contributed by atoms with Crippen LogP contribution < -0.4 is 5.32 Å². The molecule has 1 fully saturated rings. The first-order valence-corrected chi connectivity index (χ1v) is 7.40. The zero-order valence-electron chi connectivity index (χ0n) is 9.38.